The molecule has 7 nitrogen and oxygen atoms in total. The predicted molar refractivity (Wildman–Crippen MR) is 124 cm³/mol. The Hall–Kier alpha value is -3.49. The summed E-state index contributed by atoms with van der Waals surface area (Å²) >= 11 is 0. The van der Waals surface area contributed by atoms with E-state index >= 15 is 0 Å². The van der Waals surface area contributed by atoms with E-state index in [4.69, 9.17) is 4.74 Å². The average Bonchev–Trinajstić information content (AvgIpc) is 3.15. The Morgan fingerprint density at radius 2 is 1.66 bits per heavy atom. The molecule has 0 radical (unpaired) electrons. The minimum absolute atomic E-state index is 0.0471. The Bertz CT molecular complexity index is 1060. The summed E-state index contributed by atoms with van der Waals surface area (Å²) in [6, 6.07) is 12.7. The number of hydrogen-bond donors (Lipinski definition) is 2. The van der Waals surface area contributed by atoms with Crippen LogP contribution in [0.2, 0.25) is 0 Å². The summed E-state index contributed by atoms with van der Waals surface area (Å²) in [6.45, 7) is 2.00. The summed E-state index contributed by atoms with van der Waals surface area (Å²) in [5.41, 5.74) is 4.05. The minimum Gasteiger partial charge on any atom is -0.480 e. The Labute approximate surface area is 202 Å². The summed E-state index contributed by atoms with van der Waals surface area (Å²) in [5.74, 6) is -2.06. The van der Waals surface area contributed by atoms with Crippen molar-refractivity contribution in [3.8, 4) is 11.1 Å². The summed E-state index contributed by atoms with van der Waals surface area (Å²) in [7, 11) is 0. The molecule has 0 spiro atoms. The Balaban J connectivity index is 1.39. The molecular weight excluding hydrogens is 458 g/mol. The van der Waals surface area contributed by atoms with E-state index in [0.29, 0.717) is 6.42 Å². The fraction of sp³-hybridized carbons (Fsp3) is 0.423. The molecule has 1 heterocycles. The van der Waals surface area contributed by atoms with Gasteiger partial charge in [-0.3, -0.25) is 4.79 Å². The molecule has 4 rings (SSSR count). The first-order valence-corrected chi connectivity index (χ1v) is 11.7. The van der Waals surface area contributed by atoms with Gasteiger partial charge < -0.3 is 20.1 Å². The van der Waals surface area contributed by atoms with Crippen LogP contribution in [0.1, 0.15) is 43.2 Å². The van der Waals surface area contributed by atoms with Gasteiger partial charge in [0.15, 0.2) is 0 Å². The summed E-state index contributed by atoms with van der Waals surface area (Å²) in [4.78, 5) is 37.8. The smallest absolute Gasteiger partial charge is 0.407 e. The molecule has 35 heavy (non-hydrogen) atoms. The lowest BCUT2D eigenvalue weighted by Gasteiger charge is -2.37. The number of carbonyl (C=O) groups excluding carboxylic acids is 2. The molecule has 9 heteroatoms. The van der Waals surface area contributed by atoms with E-state index in [1.807, 2.05) is 55.5 Å². The number of nitrogens with zero attached hydrogens (tertiary/aromatic N) is 1. The maximum absolute atomic E-state index is 13.7. The number of fused-ring (bicyclic) bond motifs is 3. The Kier molecular flexibility index (Phi) is 7.33. The zero-order chi connectivity index (χ0) is 25.1. The van der Waals surface area contributed by atoms with Crippen molar-refractivity contribution in [2.24, 2.45) is 5.92 Å². The second kappa shape index (κ2) is 10.4. The van der Waals surface area contributed by atoms with Crippen LogP contribution in [0.5, 0.6) is 0 Å². The minimum atomic E-state index is -3.02. The quantitative estimate of drug-likeness (QED) is 0.610. The lowest BCUT2D eigenvalue weighted by Crippen LogP contribution is -2.52. The van der Waals surface area contributed by atoms with Gasteiger partial charge in [0.05, 0.1) is 6.42 Å². The number of carbonyl (C=O) groups is 3. The number of halogens is 2. The monoisotopic (exact) mass is 486 g/mol. The SMILES string of the molecule is CC1CCC(C(=O)O)N(C(=O)CC(NC(=O)OCC2c3ccccc3-c3ccccc32)C(F)F)C1. The Morgan fingerprint density at radius 1 is 1.06 bits per heavy atom. The number of hydrogen-bond acceptors (Lipinski definition) is 4. The van der Waals surface area contributed by atoms with Gasteiger partial charge >= 0.3 is 12.1 Å². The van der Waals surface area contributed by atoms with E-state index in [1.54, 1.807) is 0 Å². The van der Waals surface area contributed by atoms with Gasteiger partial charge in [-0.05, 0) is 41.0 Å². The molecule has 1 saturated heterocycles. The maximum Gasteiger partial charge on any atom is 0.407 e. The van der Waals surface area contributed by atoms with E-state index in [2.05, 4.69) is 5.32 Å². The van der Waals surface area contributed by atoms with Crippen LogP contribution >= 0.6 is 0 Å². The van der Waals surface area contributed by atoms with Crippen molar-refractivity contribution >= 4 is 18.0 Å². The second-order valence-corrected chi connectivity index (χ2v) is 9.20. The molecule has 2 aliphatic rings. The van der Waals surface area contributed by atoms with Crippen molar-refractivity contribution in [1.29, 1.82) is 0 Å². The lowest BCUT2D eigenvalue weighted by atomic mass is 9.93. The number of carboxylic acids is 1. The first-order chi connectivity index (χ1) is 16.8. The van der Waals surface area contributed by atoms with Gasteiger partial charge in [-0.15, -0.1) is 0 Å². The van der Waals surface area contributed by atoms with E-state index < -0.39 is 42.9 Å². The third-order valence-electron chi connectivity index (χ3n) is 6.77. The number of alkyl carbamates (subject to hydrolysis) is 1. The highest BCUT2D eigenvalue weighted by atomic mass is 19.3. The second-order valence-electron chi connectivity index (χ2n) is 9.20. The molecule has 2 N–H and O–H groups in total. The van der Waals surface area contributed by atoms with Crippen LogP contribution < -0.4 is 5.32 Å². The highest BCUT2D eigenvalue weighted by molar-refractivity contribution is 5.84. The van der Waals surface area contributed by atoms with Gasteiger partial charge in [0.25, 0.3) is 6.43 Å². The summed E-state index contributed by atoms with van der Waals surface area (Å²) < 4.78 is 32.7. The van der Waals surface area contributed by atoms with Gasteiger partial charge in [0.1, 0.15) is 18.7 Å². The molecule has 0 aromatic heterocycles. The van der Waals surface area contributed by atoms with E-state index in [1.165, 1.54) is 0 Å². The predicted octanol–water partition coefficient (Wildman–Crippen LogP) is 4.26. The van der Waals surface area contributed by atoms with E-state index in [-0.39, 0.29) is 31.4 Å². The number of nitrogens with one attached hydrogen (secondary N) is 1. The average molecular weight is 487 g/mol. The van der Waals surface area contributed by atoms with Crippen LogP contribution in [0.25, 0.3) is 11.1 Å². The molecular formula is C26H28F2N2O5. The number of ether oxygens (including phenoxy) is 1. The van der Waals surface area contributed by atoms with Crippen LogP contribution in [0.15, 0.2) is 48.5 Å². The van der Waals surface area contributed by atoms with Crippen molar-refractivity contribution in [2.45, 2.75) is 50.6 Å². The zero-order valence-corrected chi connectivity index (χ0v) is 19.3. The largest absolute Gasteiger partial charge is 0.480 e. The van der Waals surface area contributed by atoms with Crippen LogP contribution in [-0.2, 0) is 14.3 Å². The number of aliphatic carboxylic acids is 1. The number of amides is 2. The number of likely N-dealkylation sites (tertiary alicyclic amines) is 1. The molecule has 0 saturated carbocycles. The van der Waals surface area contributed by atoms with Crippen LogP contribution in [0, 0.1) is 5.92 Å². The van der Waals surface area contributed by atoms with Crippen molar-refractivity contribution in [2.75, 3.05) is 13.2 Å². The molecule has 2 aromatic carbocycles. The fourth-order valence-corrected chi connectivity index (χ4v) is 4.98. The molecule has 2 aromatic rings. The number of benzene rings is 2. The number of carboxylic acid groups (broad SMARTS) is 1. The molecule has 2 amide bonds. The molecule has 1 aliphatic heterocycles. The van der Waals surface area contributed by atoms with E-state index in [9.17, 15) is 28.3 Å². The van der Waals surface area contributed by atoms with E-state index in [0.717, 1.165) is 27.2 Å². The number of piperidine rings is 1. The molecule has 0 bridgehead atoms. The van der Waals surface area contributed by atoms with Crippen molar-refractivity contribution < 1.29 is 33.0 Å². The topological polar surface area (TPSA) is 95.9 Å². The summed E-state index contributed by atoms with van der Waals surface area (Å²) in [6.07, 6.45) is -3.88. The highest BCUT2D eigenvalue weighted by Gasteiger charge is 2.37. The third kappa shape index (κ3) is 5.28. The molecule has 186 valence electrons. The zero-order valence-electron chi connectivity index (χ0n) is 19.3. The van der Waals surface area contributed by atoms with Crippen molar-refractivity contribution in [3.63, 3.8) is 0 Å². The standard InChI is InChI=1S/C26H28F2N2O5/c1-15-10-11-22(25(32)33)30(13-15)23(31)12-21(24(27)28)29-26(34)35-14-20-18-8-4-2-6-16(18)17-7-3-5-9-19(17)20/h2-9,15,20-22,24H,10-14H2,1H3,(H,29,34)(H,32,33). The van der Waals surface area contributed by atoms with Gasteiger partial charge in [-0.2, -0.15) is 0 Å². The molecule has 3 atom stereocenters. The number of rotatable bonds is 7. The van der Waals surface area contributed by atoms with Gasteiger partial charge in [0.2, 0.25) is 5.91 Å². The molecule has 3 unspecified atom stereocenters. The number of alkyl halides is 2. The van der Waals surface area contributed by atoms with Gasteiger partial charge in [-0.25, -0.2) is 18.4 Å². The maximum atomic E-state index is 13.7. The highest BCUT2D eigenvalue weighted by Crippen LogP contribution is 2.44. The Morgan fingerprint density at radius 3 is 2.23 bits per heavy atom. The third-order valence-corrected chi connectivity index (χ3v) is 6.77. The first-order valence-electron chi connectivity index (χ1n) is 11.7. The van der Waals surface area contributed by atoms with Crippen molar-refractivity contribution in [1.82, 2.24) is 10.2 Å². The molecule has 1 fully saturated rings. The fourth-order valence-electron chi connectivity index (χ4n) is 4.98. The van der Waals surface area contributed by atoms with Crippen LogP contribution in [0.3, 0.4) is 0 Å². The van der Waals surface area contributed by atoms with Gasteiger partial charge in [-0.1, -0.05) is 55.5 Å². The van der Waals surface area contributed by atoms with Gasteiger partial charge in [0, 0.05) is 12.5 Å². The van der Waals surface area contributed by atoms with Crippen molar-refractivity contribution in [3.05, 3.63) is 59.7 Å². The lowest BCUT2D eigenvalue weighted by molar-refractivity contribution is -0.153. The normalized spacial score (nSPS) is 20.2. The van der Waals surface area contributed by atoms with Crippen LogP contribution in [0.4, 0.5) is 13.6 Å². The van der Waals surface area contributed by atoms with Crippen LogP contribution in [-0.4, -0.2) is 59.6 Å². The molecule has 1 aliphatic carbocycles. The first kappa shape index (κ1) is 24.6. The summed E-state index contributed by atoms with van der Waals surface area (Å²) in [5, 5.41) is 11.5.